The Bertz CT molecular complexity index is 526. The SMILES string of the molecule is CCNC(=O)CNC(=O)/C=C/c1cccc(OC)c1OC. The van der Waals surface area contributed by atoms with Crippen LogP contribution in [0.2, 0.25) is 0 Å². The Balaban J connectivity index is 2.68. The second kappa shape index (κ2) is 8.63. The van der Waals surface area contributed by atoms with Gasteiger partial charge < -0.3 is 20.1 Å². The molecule has 0 aliphatic carbocycles. The Kier molecular flexibility index (Phi) is 6.80. The van der Waals surface area contributed by atoms with E-state index in [1.807, 2.05) is 6.92 Å². The molecule has 2 N–H and O–H groups in total. The van der Waals surface area contributed by atoms with Gasteiger partial charge in [-0.1, -0.05) is 12.1 Å². The fourth-order valence-electron chi connectivity index (χ4n) is 1.69. The van der Waals surface area contributed by atoms with Gasteiger partial charge in [0.25, 0.3) is 0 Å². The standard InChI is InChI=1S/C15H20N2O4/c1-4-16-14(19)10-17-13(18)9-8-11-6-5-7-12(20-2)15(11)21-3/h5-9H,4,10H2,1-3H3,(H,16,19)(H,17,18)/b9-8+. The molecule has 6 heteroatoms. The normalized spacial score (nSPS) is 10.2. The van der Waals surface area contributed by atoms with Gasteiger partial charge in [-0.3, -0.25) is 9.59 Å². The first-order valence-corrected chi connectivity index (χ1v) is 6.56. The summed E-state index contributed by atoms with van der Waals surface area (Å²) in [5.41, 5.74) is 0.713. The van der Waals surface area contributed by atoms with Crippen molar-refractivity contribution >= 4 is 17.9 Å². The first-order valence-electron chi connectivity index (χ1n) is 6.56. The third-order valence-corrected chi connectivity index (χ3v) is 2.64. The molecular formula is C15H20N2O4. The molecule has 21 heavy (non-hydrogen) atoms. The Morgan fingerprint density at radius 2 is 1.95 bits per heavy atom. The molecule has 1 aromatic carbocycles. The lowest BCUT2D eigenvalue weighted by atomic mass is 10.1. The topological polar surface area (TPSA) is 76.7 Å². The van der Waals surface area contributed by atoms with Crippen molar-refractivity contribution in [3.05, 3.63) is 29.8 Å². The van der Waals surface area contributed by atoms with Gasteiger partial charge in [-0.2, -0.15) is 0 Å². The van der Waals surface area contributed by atoms with E-state index < -0.39 is 0 Å². The minimum Gasteiger partial charge on any atom is -0.493 e. The molecule has 6 nitrogen and oxygen atoms in total. The van der Waals surface area contributed by atoms with Gasteiger partial charge in [0, 0.05) is 18.2 Å². The number of amides is 2. The Labute approximate surface area is 124 Å². The smallest absolute Gasteiger partial charge is 0.244 e. The summed E-state index contributed by atoms with van der Waals surface area (Å²) in [5.74, 6) is 0.555. The highest BCUT2D eigenvalue weighted by Gasteiger charge is 2.07. The molecule has 0 aliphatic rings. The van der Waals surface area contributed by atoms with Crippen LogP contribution in [-0.4, -0.2) is 39.1 Å². The highest BCUT2D eigenvalue weighted by molar-refractivity contribution is 5.94. The molecule has 0 radical (unpaired) electrons. The fraction of sp³-hybridized carbons (Fsp3) is 0.333. The molecule has 0 spiro atoms. The Hall–Kier alpha value is -2.50. The van der Waals surface area contributed by atoms with Crippen LogP contribution in [0.4, 0.5) is 0 Å². The lowest BCUT2D eigenvalue weighted by molar-refractivity contribution is -0.123. The largest absolute Gasteiger partial charge is 0.493 e. The molecule has 0 aliphatic heterocycles. The zero-order valence-corrected chi connectivity index (χ0v) is 12.4. The number of carbonyl (C=O) groups excluding carboxylic acids is 2. The van der Waals surface area contributed by atoms with Crippen molar-refractivity contribution in [1.82, 2.24) is 10.6 Å². The maximum atomic E-state index is 11.6. The molecule has 1 aromatic rings. The van der Waals surface area contributed by atoms with Crippen molar-refractivity contribution < 1.29 is 19.1 Å². The van der Waals surface area contributed by atoms with E-state index in [0.717, 1.165) is 0 Å². The Morgan fingerprint density at radius 1 is 1.19 bits per heavy atom. The van der Waals surface area contributed by atoms with Gasteiger partial charge in [-0.05, 0) is 19.1 Å². The number of rotatable bonds is 7. The van der Waals surface area contributed by atoms with Crippen LogP contribution in [0.25, 0.3) is 6.08 Å². The van der Waals surface area contributed by atoms with E-state index in [1.54, 1.807) is 31.4 Å². The van der Waals surface area contributed by atoms with Crippen LogP contribution in [0, 0.1) is 0 Å². The number of benzene rings is 1. The van der Waals surface area contributed by atoms with Crippen molar-refractivity contribution in [3.63, 3.8) is 0 Å². The predicted octanol–water partition coefficient (Wildman–Crippen LogP) is 0.969. The number of hydrogen-bond acceptors (Lipinski definition) is 4. The quantitative estimate of drug-likeness (QED) is 0.734. The molecule has 0 heterocycles. The number of ether oxygens (including phenoxy) is 2. The predicted molar refractivity (Wildman–Crippen MR) is 80.3 cm³/mol. The summed E-state index contributed by atoms with van der Waals surface area (Å²) < 4.78 is 10.4. The van der Waals surface area contributed by atoms with E-state index in [0.29, 0.717) is 23.6 Å². The van der Waals surface area contributed by atoms with E-state index in [9.17, 15) is 9.59 Å². The van der Waals surface area contributed by atoms with Crippen molar-refractivity contribution in [2.45, 2.75) is 6.92 Å². The summed E-state index contributed by atoms with van der Waals surface area (Å²) in [6, 6.07) is 5.37. The van der Waals surface area contributed by atoms with Crippen molar-refractivity contribution in [3.8, 4) is 11.5 Å². The minimum absolute atomic E-state index is 0.0493. The van der Waals surface area contributed by atoms with E-state index in [1.165, 1.54) is 13.2 Å². The van der Waals surface area contributed by atoms with E-state index in [2.05, 4.69) is 10.6 Å². The summed E-state index contributed by atoms with van der Waals surface area (Å²) >= 11 is 0. The van der Waals surface area contributed by atoms with Crippen LogP contribution >= 0.6 is 0 Å². The van der Waals surface area contributed by atoms with Crippen LogP contribution in [0.15, 0.2) is 24.3 Å². The average Bonchev–Trinajstić information content (AvgIpc) is 2.50. The number of likely N-dealkylation sites (N-methyl/N-ethyl adjacent to an activating group) is 1. The van der Waals surface area contributed by atoms with Crippen molar-refractivity contribution in [2.24, 2.45) is 0 Å². The lowest BCUT2D eigenvalue weighted by Crippen LogP contribution is -2.35. The van der Waals surface area contributed by atoms with E-state index >= 15 is 0 Å². The molecular weight excluding hydrogens is 272 g/mol. The van der Waals surface area contributed by atoms with Gasteiger partial charge in [0.05, 0.1) is 20.8 Å². The highest BCUT2D eigenvalue weighted by atomic mass is 16.5. The van der Waals surface area contributed by atoms with Crippen molar-refractivity contribution in [1.29, 1.82) is 0 Å². The second-order valence-electron chi connectivity index (χ2n) is 4.09. The summed E-state index contributed by atoms with van der Waals surface area (Å²) in [7, 11) is 3.08. The third kappa shape index (κ3) is 5.18. The van der Waals surface area contributed by atoms with Crippen LogP contribution in [-0.2, 0) is 9.59 Å². The monoisotopic (exact) mass is 292 g/mol. The summed E-state index contributed by atoms with van der Waals surface area (Å²) in [6.07, 6.45) is 2.95. The number of para-hydroxylation sites is 1. The van der Waals surface area contributed by atoms with Gasteiger partial charge in [-0.15, -0.1) is 0 Å². The summed E-state index contributed by atoms with van der Waals surface area (Å²) in [4.78, 5) is 22.8. The number of methoxy groups -OCH3 is 2. The lowest BCUT2D eigenvalue weighted by Gasteiger charge is -2.09. The van der Waals surface area contributed by atoms with E-state index in [4.69, 9.17) is 9.47 Å². The molecule has 0 bridgehead atoms. The van der Waals surface area contributed by atoms with Crippen LogP contribution in [0.5, 0.6) is 11.5 Å². The zero-order chi connectivity index (χ0) is 15.7. The molecule has 1 rings (SSSR count). The molecule has 0 aromatic heterocycles. The third-order valence-electron chi connectivity index (χ3n) is 2.64. The number of carbonyl (C=O) groups is 2. The molecule has 114 valence electrons. The maximum absolute atomic E-state index is 11.6. The van der Waals surface area contributed by atoms with Gasteiger partial charge in [0.1, 0.15) is 0 Å². The average molecular weight is 292 g/mol. The number of hydrogen-bond donors (Lipinski definition) is 2. The first-order chi connectivity index (χ1) is 10.1. The van der Waals surface area contributed by atoms with Gasteiger partial charge >= 0.3 is 0 Å². The fourth-order valence-corrected chi connectivity index (χ4v) is 1.69. The molecule has 2 amide bonds. The van der Waals surface area contributed by atoms with Crippen molar-refractivity contribution in [2.75, 3.05) is 27.3 Å². The number of nitrogens with one attached hydrogen (secondary N) is 2. The molecule has 0 unspecified atom stereocenters. The van der Waals surface area contributed by atoms with Crippen LogP contribution < -0.4 is 20.1 Å². The second-order valence-corrected chi connectivity index (χ2v) is 4.09. The summed E-state index contributed by atoms with van der Waals surface area (Å²) in [6.45, 7) is 2.30. The maximum Gasteiger partial charge on any atom is 0.244 e. The zero-order valence-electron chi connectivity index (χ0n) is 12.4. The van der Waals surface area contributed by atoms with Crippen LogP contribution in [0.3, 0.4) is 0 Å². The van der Waals surface area contributed by atoms with Gasteiger partial charge in [0.15, 0.2) is 11.5 Å². The first kappa shape index (κ1) is 16.6. The van der Waals surface area contributed by atoms with E-state index in [-0.39, 0.29) is 18.4 Å². The molecule has 0 saturated heterocycles. The van der Waals surface area contributed by atoms with Crippen LogP contribution in [0.1, 0.15) is 12.5 Å². The molecule has 0 atom stereocenters. The highest BCUT2D eigenvalue weighted by Crippen LogP contribution is 2.31. The molecule has 0 saturated carbocycles. The minimum atomic E-state index is -0.355. The Morgan fingerprint density at radius 3 is 2.57 bits per heavy atom. The molecule has 0 fully saturated rings. The van der Waals surface area contributed by atoms with Gasteiger partial charge in [0.2, 0.25) is 11.8 Å². The van der Waals surface area contributed by atoms with Gasteiger partial charge in [-0.25, -0.2) is 0 Å². The summed E-state index contributed by atoms with van der Waals surface area (Å²) in [5, 5.41) is 5.09.